The average Bonchev–Trinajstić information content (AvgIpc) is 3.08. The summed E-state index contributed by atoms with van der Waals surface area (Å²) in [5.41, 5.74) is 3.46. The molecule has 1 saturated carbocycles. The van der Waals surface area contributed by atoms with Gasteiger partial charge in [-0.05, 0) is 110 Å². The number of ether oxygens (including phenoxy) is 1. The minimum Gasteiger partial charge on any atom is -0.490 e. The zero-order chi connectivity index (χ0) is 29.6. The topological polar surface area (TPSA) is 95.9 Å². The van der Waals surface area contributed by atoms with Gasteiger partial charge in [0, 0.05) is 35.7 Å². The number of nitrogens with one attached hydrogen (secondary N) is 1. The summed E-state index contributed by atoms with van der Waals surface area (Å²) < 4.78 is 34.9. The number of anilines is 1. The number of hydrogen-bond acceptors (Lipinski definition) is 6. The molecule has 2 bridgehead atoms. The van der Waals surface area contributed by atoms with Crippen molar-refractivity contribution in [3.05, 3.63) is 58.1 Å². The molecule has 0 aromatic heterocycles. The largest absolute Gasteiger partial charge is 0.490 e. The third-order valence-corrected chi connectivity index (χ3v) is 12.5. The molecule has 1 amide bonds. The molecule has 6 atom stereocenters. The van der Waals surface area contributed by atoms with Gasteiger partial charge in [0.2, 0.25) is 10.0 Å². The van der Waals surface area contributed by atoms with Crippen LogP contribution >= 0.6 is 11.6 Å². The van der Waals surface area contributed by atoms with Gasteiger partial charge in [-0.3, -0.25) is 4.79 Å². The van der Waals surface area contributed by atoms with Gasteiger partial charge in [0.1, 0.15) is 5.75 Å². The number of fused-ring (bicyclic) bond motifs is 4. The number of aryl methyl sites for hydroxylation is 1. The third kappa shape index (κ3) is 5.79. The lowest BCUT2D eigenvalue weighted by atomic mass is 9.65. The van der Waals surface area contributed by atoms with E-state index in [1.54, 1.807) is 12.1 Å². The zero-order valence-electron chi connectivity index (χ0n) is 24.6. The number of benzene rings is 2. The van der Waals surface area contributed by atoms with E-state index in [1.165, 1.54) is 11.1 Å². The highest BCUT2D eigenvalue weighted by Crippen LogP contribution is 2.48. The minimum absolute atomic E-state index is 0.109. The Bertz CT molecular complexity index is 1450. The summed E-state index contributed by atoms with van der Waals surface area (Å²) in [7, 11) is -3.82. The predicted molar refractivity (Wildman–Crippen MR) is 166 cm³/mol. The first-order valence-electron chi connectivity index (χ1n) is 15.5. The summed E-state index contributed by atoms with van der Waals surface area (Å²) in [6, 6.07) is 11.5. The normalized spacial score (nSPS) is 32.9. The highest BCUT2D eigenvalue weighted by molar-refractivity contribution is 7.90. The number of nitrogens with zero attached hydrogens (tertiary/aromatic N) is 1. The van der Waals surface area contributed by atoms with E-state index in [0.717, 1.165) is 68.7 Å². The maximum Gasteiger partial charge on any atom is 0.264 e. The number of rotatable bonds is 1. The fourth-order valence-corrected chi connectivity index (χ4v) is 9.63. The van der Waals surface area contributed by atoms with E-state index in [4.69, 9.17) is 16.3 Å². The van der Waals surface area contributed by atoms with Gasteiger partial charge in [-0.1, -0.05) is 37.9 Å². The number of carbonyl (C=O) groups is 1. The van der Waals surface area contributed by atoms with Crippen molar-refractivity contribution < 1.29 is 23.1 Å². The van der Waals surface area contributed by atoms with Crippen molar-refractivity contribution in [1.82, 2.24) is 4.72 Å². The Labute approximate surface area is 255 Å². The number of aliphatic hydroxyl groups is 1. The van der Waals surface area contributed by atoms with Crippen LogP contribution in [0, 0.1) is 29.6 Å². The van der Waals surface area contributed by atoms with Gasteiger partial charge in [0.25, 0.3) is 5.91 Å². The number of halogens is 1. The Morgan fingerprint density at radius 2 is 1.93 bits per heavy atom. The van der Waals surface area contributed by atoms with Gasteiger partial charge in [-0.15, -0.1) is 0 Å². The molecule has 1 spiro atoms. The molecule has 2 heterocycles. The highest BCUT2D eigenvalue weighted by atomic mass is 35.5. The molecule has 2 aromatic rings. The molecule has 1 fully saturated rings. The molecule has 2 aliphatic heterocycles. The van der Waals surface area contributed by atoms with E-state index in [2.05, 4.69) is 28.7 Å². The standard InChI is InChI=1S/C33H43ClN2O5S/c1-21-5-6-26(17-37)28-10-7-25(28)16-36-19-33(13-3-4-23-14-27(34)9-11-29(23)33)20-41-31-12-8-24(15-30(31)36)32(38)35-42(39,40)18-22(21)2/h8-9,11-12,14-15,21-22,25-26,28,37H,3-7,10,13,16-20H2,1-2H3,(H,35,38)/t21-,22+,25-,26-,28+,33-/m0/s1. The second-order valence-electron chi connectivity index (χ2n) is 13.5. The molecule has 2 N–H and O–H groups in total. The van der Waals surface area contributed by atoms with Gasteiger partial charge in [0.05, 0.1) is 18.0 Å². The van der Waals surface area contributed by atoms with Crippen LogP contribution in [0.25, 0.3) is 0 Å². The van der Waals surface area contributed by atoms with Crippen LogP contribution in [0.1, 0.15) is 73.9 Å². The van der Waals surface area contributed by atoms with E-state index in [9.17, 15) is 18.3 Å². The zero-order valence-corrected chi connectivity index (χ0v) is 26.2. The summed E-state index contributed by atoms with van der Waals surface area (Å²) in [5.74, 6) is 1.09. The molecule has 7 nitrogen and oxygen atoms in total. The molecule has 4 aliphatic rings. The first kappa shape index (κ1) is 29.8. The van der Waals surface area contributed by atoms with Crippen LogP contribution in [-0.2, 0) is 21.9 Å². The predicted octanol–water partition coefficient (Wildman–Crippen LogP) is 5.57. The summed E-state index contributed by atoms with van der Waals surface area (Å²) >= 11 is 6.40. The fourth-order valence-electron chi connectivity index (χ4n) is 7.93. The first-order chi connectivity index (χ1) is 20.1. The van der Waals surface area contributed by atoms with Crippen LogP contribution in [0.15, 0.2) is 36.4 Å². The second-order valence-corrected chi connectivity index (χ2v) is 15.7. The Balaban J connectivity index is 1.41. The maximum atomic E-state index is 13.3. The Morgan fingerprint density at radius 1 is 1.10 bits per heavy atom. The van der Waals surface area contributed by atoms with Gasteiger partial charge >= 0.3 is 0 Å². The molecule has 0 radical (unpaired) electrons. The van der Waals surface area contributed by atoms with Gasteiger partial charge in [-0.2, -0.15) is 0 Å². The van der Waals surface area contributed by atoms with Crippen molar-refractivity contribution in [2.75, 3.05) is 37.0 Å². The lowest BCUT2D eigenvalue weighted by Crippen LogP contribution is -2.49. The molecule has 2 aromatic carbocycles. The molecule has 0 saturated heterocycles. The highest BCUT2D eigenvalue weighted by Gasteiger charge is 2.44. The molecule has 228 valence electrons. The van der Waals surface area contributed by atoms with Gasteiger partial charge in [0.15, 0.2) is 0 Å². The van der Waals surface area contributed by atoms with Crippen LogP contribution in [0.2, 0.25) is 5.02 Å². The van der Waals surface area contributed by atoms with Crippen molar-refractivity contribution in [2.45, 2.75) is 64.2 Å². The number of sulfonamides is 1. The van der Waals surface area contributed by atoms with Crippen LogP contribution in [-0.4, -0.2) is 51.5 Å². The van der Waals surface area contributed by atoms with Gasteiger partial charge in [-0.25, -0.2) is 13.1 Å². The Kier molecular flexibility index (Phi) is 8.26. The number of aliphatic hydroxyl groups excluding tert-OH is 1. The van der Waals surface area contributed by atoms with Crippen molar-refractivity contribution in [3.8, 4) is 5.75 Å². The van der Waals surface area contributed by atoms with E-state index >= 15 is 0 Å². The summed E-state index contributed by atoms with van der Waals surface area (Å²) in [6.45, 7) is 6.22. The maximum absolute atomic E-state index is 13.3. The van der Waals surface area contributed by atoms with Crippen LogP contribution in [0.3, 0.4) is 0 Å². The number of hydrogen-bond donors (Lipinski definition) is 2. The van der Waals surface area contributed by atoms with Crippen molar-refractivity contribution in [3.63, 3.8) is 0 Å². The molecular weight excluding hydrogens is 572 g/mol. The molecule has 2 aliphatic carbocycles. The van der Waals surface area contributed by atoms with Crippen molar-refractivity contribution in [2.24, 2.45) is 29.6 Å². The van der Waals surface area contributed by atoms with E-state index in [-0.39, 0.29) is 35.5 Å². The fraction of sp³-hybridized carbons (Fsp3) is 0.606. The van der Waals surface area contributed by atoms with Crippen LogP contribution < -0.4 is 14.4 Å². The van der Waals surface area contributed by atoms with E-state index in [0.29, 0.717) is 29.8 Å². The SMILES string of the molecule is C[C@@H]1CS(=O)(=O)NC(=O)c2ccc3c(c2)N(C[C@@H]2CC[C@H]2[C@H](CO)CC[C@@H]1C)C[C@@]1(CCCc2cc(Cl)ccc21)CO3. The number of amides is 1. The molecule has 42 heavy (non-hydrogen) atoms. The molecule has 0 unspecified atom stereocenters. The molecule has 9 heteroatoms. The summed E-state index contributed by atoms with van der Waals surface area (Å²) in [5, 5.41) is 11.2. The lowest BCUT2D eigenvalue weighted by Gasteiger charge is -2.46. The van der Waals surface area contributed by atoms with E-state index < -0.39 is 15.9 Å². The first-order valence-corrected chi connectivity index (χ1v) is 17.6. The lowest BCUT2D eigenvalue weighted by molar-refractivity contribution is 0.0543. The number of carbonyl (C=O) groups excluding carboxylic acids is 1. The molecule has 6 rings (SSSR count). The Hall–Kier alpha value is -2.29. The Morgan fingerprint density at radius 3 is 2.69 bits per heavy atom. The summed E-state index contributed by atoms with van der Waals surface area (Å²) in [4.78, 5) is 15.7. The summed E-state index contributed by atoms with van der Waals surface area (Å²) in [6.07, 6.45) is 6.95. The average molecular weight is 615 g/mol. The quantitative estimate of drug-likeness (QED) is 0.436. The van der Waals surface area contributed by atoms with Crippen LogP contribution in [0.5, 0.6) is 5.75 Å². The van der Waals surface area contributed by atoms with Crippen molar-refractivity contribution in [1.29, 1.82) is 0 Å². The second kappa shape index (κ2) is 11.7. The van der Waals surface area contributed by atoms with Crippen LogP contribution in [0.4, 0.5) is 5.69 Å². The van der Waals surface area contributed by atoms with E-state index in [1.807, 2.05) is 19.1 Å². The minimum atomic E-state index is -3.82. The van der Waals surface area contributed by atoms with Gasteiger partial charge < -0.3 is 14.7 Å². The smallest absolute Gasteiger partial charge is 0.264 e. The third-order valence-electron chi connectivity index (χ3n) is 10.8. The molecular formula is C33H43ClN2O5S. The van der Waals surface area contributed by atoms with Crippen molar-refractivity contribution >= 4 is 33.2 Å². The monoisotopic (exact) mass is 614 g/mol.